The number of ether oxygens (including phenoxy) is 1. The highest BCUT2D eigenvalue weighted by molar-refractivity contribution is 5.25. The van der Waals surface area contributed by atoms with Gasteiger partial charge in [0.05, 0.1) is 11.2 Å². The van der Waals surface area contributed by atoms with Crippen molar-refractivity contribution in [2.45, 2.75) is 37.4 Å². The zero-order valence-electron chi connectivity index (χ0n) is 9.75. The van der Waals surface area contributed by atoms with Crippen LogP contribution in [0, 0.1) is 11.6 Å². The first kappa shape index (κ1) is 12.5. The van der Waals surface area contributed by atoms with E-state index in [4.69, 9.17) is 4.74 Å². The first-order valence-corrected chi connectivity index (χ1v) is 5.78. The Bertz CT molecular complexity index is 380. The maximum Gasteiger partial charge on any atom is 0.132 e. The van der Waals surface area contributed by atoms with Crippen LogP contribution in [-0.2, 0) is 4.74 Å². The molecule has 1 aliphatic rings. The van der Waals surface area contributed by atoms with Gasteiger partial charge in [-0.25, -0.2) is 8.78 Å². The topological polar surface area (TPSA) is 29.5 Å². The summed E-state index contributed by atoms with van der Waals surface area (Å²) >= 11 is 0. The Morgan fingerprint density at radius 1 is 1.24 bits per heavy atom. The zero-order valence-corrected chi connectivity index (χ0v) is 9.75. The van der Waals surface area contributed by atoms with Gasteiger partial charge in [0.1, 0.15) is 17.7 Å². The van der Waals surface area contributed by atoms with E-state index >= 15 is 0 Å². The molecule has 1 N–H and O–H groups in total. The molecule has 2 rings (SSSR count). The maximum atomic E-state index is 13.6. The highest BCUT2D eigenvalue weighted by Crippen LogP contribution is 2.43. The molecule has 17 heavy (non-hydrogen) atoms. The van der Waals surface area contributed by atoms with Crippen LogP contribution in [0.4, 0.5) is 8.78 Å². The molecule has 1 atom stereocenters. The van der Waals surface area contributed by atoms with E-state index in [1.807, 2.05) is 0 Å². The molecule has 0 bridgehead atoms. The molecule has 1 unspecified atom stereocenters. The van der Waals surface area contributed by atoms with Crippen molar-refractivity contribution in [2.75, 3.05) is 7.11 Å². The second kappa shape index (κ2) is 4.70. The van der Waals surface area contributed by atoms with Crippen LogP contribution in [0.5, 0.6) is 0 Å². The Morgan fingerprint density at radius 2 is 1.76 bits per heavy atom. The van der Waals surface area contributed by atoms with Crippen molar-refractivity contribution in [3.8, 4) is 0 Å². The summed E-state index contributed by atoms with van der Waals surface area (Å²) in [6.45, 7) is 0. The Labute approximate surface area is 99.2 Å². The van der Waals surface area contributed by atoms with Gasteiger partial charge in [0.2, 0.25) is 0 Å². The molecule has 94 valence electrons. The van der Waals surface area contributed by atoms with Crippen LogP contribution in [0.25, 0.3) is 0 Å². The average molecular weight is 242 g/mol. The molecule has 1 fully saturated rings. The second-order valence-corrected chi connectivity index (χ2v) is 4.51. The Hall–Kier alpha value is -1.00. The third kappa shape index (κ3) is 2.07. The third-order valence-electron chi connectivity index (χ3n) is 3.63. The number of hydrogen-bond acceptors (Lipinski definition) is 2. The molecule has 4 heteroatoms. The van der Waals surface area contributed by atoms with Gasteiger partial charge in [0, 0.05) is 7.11 Å². The molecule has 0 aliphatic heterocycles. The van der Waals surface area contributed by atoms with E-state index in [0.717, 1.165) is 25.0 Å². The quantitative estimate of drug-likeness (QED) is 0.883. The van der Waals surface area contributed by atoms with Gasteiger partial charge in [0.25, 0.3) is 0 Å². The third-order valence-corrected chi connectivity index (χ3v) is 3.63. The van der Waals surface area contributed by atoms with Crippen LogP contribution in [0.3, 0.4) is 0 Å². The molecule has 0 spiro atoms. The normalized spacial score (nSPS) is 20.5. The summed E-state index contributed by atoms with van der Waals surface area (Å²) in [4.78, 5) is 0. The minimum Gasteiger partial charge on any atom is -0.385 e. The fraction of sp³-hybridized carbons (Fsp3) is 0.538. The lowest BCUT2D eigenvalue weighted by atomic mass is 9.88. The van der Waals surface area contributed by atoms with E-state index in [1.165, 1.54) is 13.2 Å². The van der Waals surface area contributed by atoms with Gasteiger partial charge in [0.15, 0.2) is 0 Å². The van der Waals surface area contributed by atoms with Crippen LogP contribution < -0.4 is 0 Å². The molecule has 0 amide bonds. The number of hydrogen-bond donors (Lipinski definition) is 1. The summed E-state index contributed by atoms with van der Waals surface area (Å²) in [6.07, 6.45) is 1.80. The first-order chi connectivity index (χ1) is 8.10. The van der Waals surface area contributed by atoms with Crippen molar-refractivity contribution < 1.29 is 18.6 Å². The minimum absolute atomic E-state index is 0.281. The van der Waals surface area contributed by atoms with Crippen molar-refractivity contribution >= 4 is 0 Å². The maximum absolute atomic E-state index is 13.6. The molecule has 1 aromatic rings. The van der Waals surface area contributed by atoms with Gasteiger partial charge in [-0.15, -0.1) is 0 Å². The number of halogens is 2. The van der Waals surface area contributed by atoms with Crippen molar-refractivity contribution in [3.63, 3.8) is 0 Å². The molecule has 0 aromatic heterocycles. The molecule has 0 saturated heterocycles. The van der Waals surface area contributed by atoms with Crippen molar-refractivity contribution in [2.24, 2.45) is 0 Å². The monoisotopic (exact) mass is 242 g/mol. The summed E-state index contributed by atoms with van der Waals surface area (Å²) in [5.41, 5.74) is -1.13. The summed E-state index contributed by atoms with van der Waals surface area (Å²) in [7, 11) is 1.48. The van der Waals surface area contributed by atoms with Gasteiger partial charge in [-0.1, -0.05) is 18.9 Å². The largest absolute Gasteiger partial charge is 0.385 e. The van der Waals surface area contributed by atoms with E-state index in [0.29, 0.717) is 12.8 Å². The molecule has 0 heterocycles. The highest BCUT2D eigenvalue weighted by Gasteiger charge is 2.43. The number of aliphatic hydroxyl groups excluding tert-OH is 1. The zero-order chi connectivity index (χ0) is 12.5. The van der Waals surface area contributed by atoms with E-state index in [1.54, 1.807) is 0 Å². The molecular formula is C13H16F2O2. The number of rotatable bonds is 3. The fourth-order valence-electron chi connectivity index (χ4n) is 2.60. The van der Waals surface area contributed by atoms with Crippen LogP contribution in [-0.4, -0.2) is 17.8 Å². The number of benzene rings is 1. The predicted octanol–water partition coefficient (Wildman–Crippen LogP) is 2.96. The molecule has 0 radical (unpaired) electrons. The number of aliphatic hydroxyl groups is 1. The molecular weight excluding hydrogens is 226 g/mol. The molecule has 2 nitrogen and oxygen atoms in total. The molecule has 1 aromatic carbocycles. The lowest BCUT2D eigenvalue weighted by molar-refractivity contribution is -0.102. The van der Waals surface area contributed by atoms with Gasteiger partial charge in [-0.2, -0.15) is 0 Å². The smallest absolute Gasteiger partial charge is 0.132 e. The minimum atomic E-state index is -1.25. The van der Waals surface area contributed by atoms with Crippen LogP contribution in [0.15, 0.2) is 18.2 Å². The van der Waals surface area contributed by atoms with Gasteiger partial charge >= 0.3 is 0 Å². The standard InChI is InChI=1S/C13H16F2O2/c1-17-13(7-2-3-8-13)12(16)11-9(14)5-4-6-10(11)15/h4-6,12,16H,2-3,7-8H2,1H3. The van der Waals surface area contributed by atoms with Crippen molar-refractivity contribution in [3.05, 3.63) is 35.4 Å². The van der Waals surface area contributed by atoms with Crippen LogP contribution in [0.2, 0.25) is 0 Å². The molecule has 1 saturated carbocycles. The SMILES string of the molecule is COC1(C(O)c2c(F)cccc2F)CCCC1. The summed E-state index contributed by atoms with van der Waals surface area (Å²) in [5.74, 6) is -1.44. The highest BCUT2D eigenvalue weighted by atomic mass is 19.1. The second-order valence-electron chi connectivity index (χ2n) is 4.51. The summed E-state index contributed by atoms with van der Waals surface area (Å²) < 4.78 is 32.6. The van der Waals surface area contributed by atoms with E-state index < -0.39 is 23.3 Å². The lowest BCUT2D eigenvalue weighted by Crippen LogP contribution is -2.36. The lowest BCUT2D eigenvalue weighted by Gasteiger charge is -2.33. The van der Waals surface area contributed by atoms with Crippen LogP contribution in [0.1, 0.15) is 37.4 Å². The van der Waals surface area contributed by atoms with Gasteiger partial charge in [-0.3, -0.25) is 0 Å². The Balaban J connectivity index is 2.39. The average Bonchev–Trinajstić information content (AvgIpc) is 2.78. The van der Waals surface area contributed by atoms with Gasteiger partial charge in [-0.05, 0) is 25.0 Å². The fourth-order valence-corrected chi connectivity index (χ4v) is 2.60. The molecule has 1 aliphatic carbocycles. The van der Waals surface area contributed by atoms with E-state index in [2.05, 4.69) is 0 Å². The van der Waals surface area contributed by atoms with E-state index in [-0.39, 0.29) is 5.56 Å². The van der Waals surface area contributed by atoms with Gasteiger partial charge < -0.3 is 9.84 Å². The van der Waals surface area contributed by atoms with Crippen molar-refractivity contribution in [1.29, 1.82) is 0 Å². The summed E-state index contributed by atoms with van der Waals surface area (Å²) in [6, 6.07) is 3.59. The predicted molar refractivity (Wildman–Crippen MR) is 59.5 cm³/mol. The summed E-state index contributed by atoms with van der Waals surface area (Å²) in [5, 5.41) is 10.2. The van der Waals surface area contributed by atoms with Crippen molar-refractivity contribution in [1.82, 2.24) is 0 Å². The first-order valence-electron chi connectivity index (χ1n) is 5.78. The van der Waals surface area contributed by atoms with Crippen LogP contribution >= 0.6 is 0 Å². The Kier molecular flexibility index (Phi) is 3.45. The number of methoxy groups -OCH3 is 1. The van der Waals surface area contributed by atoms with E-state index in [9.17, 15) is 13.9 Å². The Morgan fingerprint density at radius 3 is 2.24 bits per heavy atom.